The zero-order valence-corrected chi connectivity index (χ0v) is 12.4. The van der Waals surface area contributed by atoms with Gasteiger partial charge in [0.1, 0.15) is 0 Å². The summed E-state index contributed by atoms with van der Waals surface area (Å²) < 4.78 is 1.60. The van der Waals surface area contributed by atoms with E-state index in [1.807, 2.05) is 6.07 Å². The van der Waals surface area contributed by atoms with Gasteiger partial charge in [-0.2, -0.15) is 0 Å². The van der Waals surface area contributed by atoms with Gasteiger partial charge in [0, 0.05) is 12.1 Å². The van der Waals surface area contributed by atoms with Crippen LogP contribution in [-0.2, 0) is 0 Å². The fraction of sp³-hybridized carbons (Fsp3) is 0.438. The summed E-state index contributed by atoms with van der Waals surface area (Å²) in [4.78, 5) is 12.2. The minimum Gasteiger partial charge on any atom is -0.391 e. The van der Waals surface area contributed by atoms with Crippen molar-refractivity contribution in [3.05, 3.63) is 42.2 Å². The van der Waals surface area contributed by atoms with Crippen molar-refractivity contribution >= 4 is 5.91 Å². The lowest BCUT2D eigenvalue weighted by Gasteiger charge is -2.18. The predicted octanol–water partition coefficient (Wildman–Crippen LogP) is 1.55. The van der Waals surface area contributed by atoms with Crippen molar-refractivity contribution in [2.75, 3.05) is 6.54 Å². The van der Waals surface area contributed by atoms with E-state index in [1.165, 1.54) is 12.8 Å². The predicted molar refractivity (Wildman–Crippen MR) is 81.7 cm³/mol. The molecule has 1 atom stereocenters. The smallest absolute Gasteiger partial charge is 0.251 e. The molecule has 22 heavy (non-hydrogen) atoms. The van der Waals surface area contributed by atoms with Gasteiger partial charge in [-0.3, -0.25) is 4.79 Å². The lowest BCUT2D eigenvalue weighted by atomic mass is 10.0. The van der Waals surface area contributed by atoms with Crippen molar-refractivity contribution in [3.63, 3.8) is 0 Å². The molecule has 6 heteroatoms. The third-order valence-electron chi connectivity index (χ3n) is 4.21. The van der Waals surface area contributed by atoms with Crippen LogP contribution >= 0.6 is 0 Å². The molecule has 1 amide bonds. The van der Waals surface area contributed by atoms with Crippen LogP contribution in [0.15, 0.2) is 36.7 Å². The van der Waals surface area contributed by atoms with Crippen LogP contribution in [0, 0.1) is 5.92 Å². The summed E-state index contributed by atoms with van der Waals surface area (Å²) in [7, 11) is 0. The second-order valence-corrected chi connectivity index (χ2v) is 5.72. The minimum absolute atomic E-state index is 0.181. The van der Waals surface area contributed by atoms with Crippen molar-refractivity contribution in [3.8, 4) is 5.69 Å². The van der Waals surface area contributed by atoms with Crippen LogP contribution in [0.5, 0.6) is 0 Å². The van der Waals surface area contributed by atoms with Crippen LogP contribution in [0.2, 0.25) is 0 Å². The van der Waals surface area contributed by atoms with Crippen LogP contribution in [-0.4, -0.2) is 38.7 Å². The summed E-state index contributed by atoms with van der Waals surface area (Å²) >= 11 is 0. The van der Waals surface area contributed by atoms with Gasteiger partial charge < -0.3 is 10.4 Å². The van der Waals surface area contributed by atoms with E-state index in [2.05, 4.69) is 15.6 Å². The lowest BCUT2D eigenvalue weighted by molar-refractivity contribution is 0.0840. The van der Waals surface area contributed by atoms with Crippen molar-refractivity contribution in [1.29, 1.82) is 0 Å². The SMILES string of the molecule is O=C(NCC(O)C1CCCC1)c1cccc(-n2ccnn2)c1. The first-order valence-corrected chi connectivity index (χ1v) is 7.67. The number of hydrogen-bond donors (Lipinski definition) is 2. The normalized spacial score (nSPS) is 16.6. The van der Waals surface area contributed by atoms with Gasteiger partial charge >= 0.3 is 0 Å². The molecule has 0 saturated heterocycles. The highest BCUT2D eigenvalue weighted by Gasteiger charge is 2.23. The van der Waals surface area contributed by atoms with Crippen molar-refractivity contribution in [1.82, 2.24) is 20.3 Å². The van der Waals surface area contributed by atoms with E-state index in [9.17, 15) is 9.90 Å². The monoisotopic (exact) mass is 300 g/mol. The molecular weight excluding hydrogens is 280 g/mol. The molecular formula is C16H20N4O2. The van der Waals surface area contributed by atoms with Crippen molar-refractivity contribution in [2.45, 2.75) is 31.8 Å². The van der Waals surface area contributed by atoms with Crippen molar-refractivity contribution in [2.24, 2.45) is 5.92 Å². The lowest BCUT2D eigenvalue weighted by Crippen LogP contribution is -2.35. The maximum absolute atomic E-state index is 12.2. The van der Waals surface area contributed by atoms with Gasteiger partial charge in [-0.15, -0.1) is 5.10 Å². The summed E-state index contributed by atoms with van der Waals surface area (Å²) in [6.45, 7) is 0.303. The molecule has 1 aromatic carbocycles. The molecule has 1 aliphatic rings. The van der Waals surface area contributed by atoms with E-state index < -0.39 is 6.10 Å². The maximum Gasteiger partial charge on any atom is 0.251 e. The summed E-state index contributed by atoms with van der Waals surface area (Å²) in [6.07, 6.45) is 7.32. The third kappa shape index (κ3) is 3.33. The van der Waals surface area contributed by atoms with Crippen LogP contribution in [0.4, 0.5) is 0 Å². The van der Waals surface area contributed by atoms with E-state index in [4.69, 9.17) is 0 Å². The first kappa shape index (κ1) is 14.7. The number of aliphatic hydroxyl groups is 1. The Kier molecular flexibility index (Phi) is 4.48. The highest BCUT2D eigenvalue weighted by molar-refractivity contribution is 5.94. The molecule has 0 bridgehead atoms. The molecule has 1 aromatic heterocycles. The maximum atomic E-state index is 12.2. The van der Waals surface area contributed by atoms with Gasteiger partial charge in [-0.05, 0) is 37.0 Å². The Morgan fingerprint density at radius 1 is 1.41 bits per heavy atom. The quantitative estimate of drug-likeness (QED) is 0.878. The molecule has 1 heterocycles. The van der Waals surface area contributed by atoms with Crippen LogP contribution < -0.4 is 5.32 Å². The average Bonchev–Trinajstić information content (AvgIpc) is 3.25. The van der Waals surface area contributed by atoms with E-state index in [1.54, 1.807) is 35.3 Å². The fourth-order valence-corrected chi connectivity index (χ4v) is 2.94. The zero-order valence-electron chi connectivity index (χ0n) is 12.4. The number of aliphatic hydroxyl groups excluding tert-OH is 1. The number of nitrogens with one attached hydrogen (secondary N) is 1. The average molecular weight is 300 g/mol. The van der Waals surface area contributed by atoms with E-state index in [0.29, 0.717) is 18.0 Å². The Labute approximate surface area is 129 Å². The summed E-state index contributed by atoms with van der Waals surface area (Å²) in [5.74, 6) is 0.140. The Morgan fingerprint density at radius 2 is 2.23 bits per heavy atom. The Balaban J connectivity index is 1.61. The van der Waals surface area contributed by atoms with E-state index in [-0.39, 0.29) is 5.91 Å². The molecule has 1 aliphatic carbocycles. The van der Waals surface area contributed by atoms with E-state index >= 15 is 0 Å². The Hall–Kier alpha value is -2.21. The van der Waals surface area contributed by atoms with Gasteiger partial charge in [0.05, 0.1) is 24.2 Å². The number of carbonyl (C=O) groups excluding carboxylic acids is 1. The van der Waals surface area contributed by atoms with Crippen molar-refractivity contribution < 1.29 is 9.90 Å². The highest BCUT2D eigenvalue weighted by Crippen LogP contribution is 2.27. The number of aromatic nitrogens is 3. The molecule has 116 valence electrons. The topological polar surface area (TPSA) is 80.0 Å². The molecule has 6 nitrogen and oxygen atoms in total. The number of nitrogens with zero attached hydrogens (tertiary/aromatic N) is 3. The molecule has 0 radical (unpaired) electrons. The number of benzene rings is 1. The molecule has 3 rings (SSSR count). The second kappa shape index (κ2) is 6.70. The number of amides is 1. The third-order valence-corrected chi connectivity index (χ3v) is 4.21. The van der Waals surface area contributed by atoms with Gasteiger partial charge in [0.2, 0.25) is 0 Å². The first-order chi connectivity index (χ1) is 10.7. The standard InChI is InChI=1S/C16H20N4O2/c21-15(12-4-1-2-5-12)11-17-16(22)13-6-3-7-14(10-13)20-9-8-18-19-20/h3,6-10,12,15,21H,1-2,4-5,11H2,(H,17,22). The molecule has 1 unspecified atom stereocenters. The molecule has 1 fully saturated rings. The van der Waals surface area contributed by atoms with Gasteiger partial charge in [-0.25, -0.2) is 4.68 Å². The molecule has 0 aliphatic heterocycles. The number of carbonyl (C=O) groups is 1. The first-order valence-electron chi connectivity index (χ1n) is 7.67. The summed E-state index contributed by atoms with van der Waals surface area (Å²) in [5, 5.41) is 20.6. The van der Waals surface area contributed by atoms with E-state index in [0.717, 1.165) is 18.5 Å². The van der Waals surface area contributed by atoms with Gasteiger partial charge in [0.25, 0.3) is 5.91 Å². The molecule has 2 aromatic rings. The largest absolute Gasteiger partial charge is 0.391 e. The highest BCUT2D eigenvalue weighted by atomic mass is 16.3. The number of rotatable bonds is 5. The van der Waals surface area contributed by atoms with Crippen LogP contribution in [0.3, 0.4) is 0 Å². The molecule has 2 N–H and O–H groups in total. The number of hydrogen-bond acceptors (Lipinski definition) is 4. The summed E-state index contributed by atoms with van der Waals surface area (Å²) in [5.41, 5.74) is 1.33. The Morgan fingerprint density at radius 3 is 2.95 bits per heavy atom. The van der Waals surface area contributed by atoms with Crippen LogP contribution in [0.1, 0.15) is 36.0 Å². The molecule has 1 saturated carbocycles. The Bertz CT molecular complexity index is 621. The molecule has 0 spiro atoms. The van der Waals surface area contributed by atoms with Crippen LogP contribution in [0.25, 0.3) is 5.69 Å². The fourth-order valence-electron chi connectivity index (χ4n) is 2.94. The van der Waals surface area contributed by atoms with Gasteiger partial charge in [0.15, 0.2) is 0 Å². The van der Waals surface area contributed by atoms with Gasteiger partial charge in [-0.1, -0.05) is 24.1 Å². The zero-order chi connectivity index (χ0) is 15.4. The summed E-state index contributed by atoms with van der Waals surface area (Å²) in [6, 6.07) is 7.17. The minimum atomic E-state index is -0.454. The second-order valence-electron chi connectivity index (χ2n) is 5.72.